The zero-order chi connectivity index (χ0) is 17.4. The number of rotatable bonds is 2. The van der Waals surface area contributed by atoms with E-state index in [1.165, 1.54) is 0 Å². The number of benzene rings is 2. The first kappa shape index (κ1) is 15.7. The topological polar surface area (TPSA) is 58.1 Å². The maximum Gasteiger partial charge on any atom is 0.276 e. The van der Waals surface area contributed by atoms with Gasteiger partial charge in [0, 0.05) is 29.2 Å². The molecular weight excluding hydrogens is 338 g/mol. The van der Waals surface area contributed by atoms with Gasteiger partial charge in [0.1, 0.15) is 0 Å². The van der Waals surface area contributed by atoms with Crippen molar-refractivity contribution in [2.75, 3.05) is 6.54 Å². The lowest BCUT2D eigenvalue weighted by molar-refractivity contribution is 0.0734. The lowest BCUT2D eigenvalue weighted by atomic mass is 10.1. The zero-order valence-electron chi connectivity index (χ0n) is 13.4. The van der Waals surface area contributed by atoms with Gasteiger partial charge in [0.05, 0.1) is 17.8 Å². The number of nitrogens with zero attached hydrogens (tertiary/aromatic N) is 2. The van der Waals surface area contributed by atoms with E-state index in [2.05, 4.69) is 5.10 Å². The van der Waals surface area contributed by atoms with E-state index in [4.69, 9.17) is 11.6 Å². The lowest BCUT2D eigenvalue weighted by Gasteiger charge is -2.26. The van der Waals surface area contributed by atoms with Crippen LogP contribution in [-0.4, -0.2) is 27.1 Å². The lowest BCUT2D eigenvalue weighted by Crippen LogP contribution is -2.37. The number of H-pyrrole nitrogens is 1. The summed E-state index contributed by atoms with van der Waals surface area (Å²) in [6.45, 7) is 0.884. The van der Waals surface area contributed by atoms with Gasteiger partial charge in [0.15, 0.2) is 0 Å². The zero-order valence-corrected chi connectivity index (χ0v) is 14.2. The molecule has 0 fully saturated rings. The van der Waals surface area contributed by atoms with E-state index in [1.54, 1.807) is 33.8 Å². The number of fused-ring (bicyclic) bond motifs is 1. The van der Waals surface area contributed by atoms with Crippen LogP contribution in [0.15, 0.2) is 59.4 Å². The molecule has 1 N–H and O–H groups in total. The molecule has 1 aliphatic heterocycles. The highest BCUT2D eigenvalue weighted by molar-refractivity contribution is 6.30. The van der Waals surface area contributed by atoms with Gasteiger partial charge in [0.2, 0.25) is 0 Å². The van der Waals surface area contributed by atoms with Crippen molar-refractivity contribution in [2.24, 2.45) is 0 Å². The molecule has 0 saturated heterocycles. The van der Waals surface area contributed by atoms with Crippen LogP contribution in [0.3, 0.4) is 0 Å². The van der Waals surface area contributed by atoms with Crippen molar-refractivity contribution >= 4 is 17.5 Å². The Hall–Kier alpha value is -2.79. The maximum atomic E-state index is 12.7. The molecule has 2 heterocycles. The highest BCUT2D eigenvalue weighted by Crippen LogP contribution is 2.19. The van der Waals surface area contributed by atoms with Gasteiger partial charge in [-0.15, -0.1) is 0 Å². The molecule has 0 unspecified atom stereocenters. The Kier molecular flexibility index (Phi) is 3.93. The average Bonchev–Trinajstić information content (AvgIpc) is 2.99. The van der Waals surface area contributed by atoms with Crippen LogP contribution in [0.1, 0.15) is 21.6 Å². The third-order valence-electron chi connectivity index (χ3n) is 4.45. The van der Waals surface area contributed by atoms with Crippen LogP contribution >= 0.6 is 11.6 Å². The van der Waals surface area contributed by atoms with Crippen LogP contribution in [-0.2, 0) is 13.0 Å². The van der Waals surface area contributed by atoms with Crippen molar-refractivity contribution in [3.05, 3.63) is 86.8 Å². The van der Waals surface area contributed by atoms with Crippen LogP contribution < -0.4 is 5.56 Å². The number of aromatic amines is 1. The Labute approximate surface area is 149 Å². The molecule has 25 heavy (non-hydrogen) atoms. The summed E-state index contributed by atoms with van der Waals surface area (Å²) >= 11 is 5.88. The molecule has 1 amide bonds. The minimum Gasteiger partial charge on any atom is -0.334 e. The van der Waals surface area contributed by atoms with Gasteiger partial charge in [-0.05, 0) is 36.4 Å². The highest BCUT2D eigenvalue weighted by atomic mass is 35.5. The number of amides is 1. The van der Waals surface area contributed by atoms with Gasteiger partial charge in [-0.3, -0.25) is 14.7 Å². The van der Waals surface area contributed by atoms with Crippen molar-refractivity contribution in [3.63, 3.8) is 0 Å². The van der Waals surface area contributed by atoms with E-state index in [-0.39, 0.29) is 11.5 Å². The van der Waals surface area contributed by atoms with Crippen LogP contribution in [0.5, 0.6) is 0 Å². The molecule has 0 radical (unpaired) electrons. The van der Waals surface area contributed by atoms with Gasteiger partial charge in [-0.1, -0.05) is 29.8 Å². The first-order valence-electron chi connectivity index (χ1n) is 8.06. The standard InChI is InChI=1S/C19H16ClN3O2/c20-14-8-6-13(7-9-14)18(24)22-11-10-17-16(12-22)19(25)23(21-17)15-4-2-1-3-5-15/h1-9,21H,10-12H2. The fraction of sp³-hybridized carbons (Fsp3) is 0.158. The molecule has 1 aromatic heterocycles. The predicted octanol–water partition coefficient (Wildman–Crippen LogP) is 3.02. The normalized spacial score (nSPS) is 13.6. The van der Waals surface area contributed by atoms with Gasteiger partial charge >= 0.3 is 0 Å². The van der Waals surface area contributed by atoms with Crippen molar-refractivity contribution < 1.29 is 4.79 Å². The molecular formula is C19H16ClN3O2. The number of carbonyl (C=O) groups excluding carboxylic acids is 1. The number of aromatic nitrogens is 2. The summed E-state index contributed by atoms with van der Waals surface area (Å²) in [7, 11) is 0. The number of carbonyl (C=O) groups is 1. The van der Waals surface area contributed by atoms with Gasteiger partial charge in [-0.2, -0.15) is 0 Å². The Morgan fingerprint density at radius 2 is 1.76 bits per heavy atom. The summed E-state index contributed by atoms with van der Waals surface area (Å²) < 4.78 is 1.54. The largest absolute Gasteiger partial charge is 0.334 e. The average molecular weight is 354 g/mol. The minimum atomic E-state index is -0.102. The summed E-state index contributed by atoms with van der Waals surface area (Å²) in [4.78, 5) is 27.1. The van der Waals surface area contributed by atoms with Crippen molar-refractivity contribution in [1.82, 2.24) is 14.7 Å². The fourth-order valence-corrected chi connectivity index (χ4v) is 3.24. The summed E-state index contributed by atoms with van der Waals surface area (Å²) in [6.07, 6.45) is 0.629. The van der Waals surface area contributed by atoms with Crippen molar-refractivity contribution in [3.8, 4) is 5.69 Å². The third-order valence-corrected chi connectivity index (χ3v) is 4.70. The minimum absolute atomic E-state index is 0.0887. The fourth-order valence-electron chi connectivity index (χ4n) is 3.11. The third kappa shape index (κ3) is 2.87. The number of nitrogens with one attached hydrogen (secondary N) is 1. The maximum absolute atomic E-state index is 12.7. The number of halogens is 1. The van der Waals surface area contributed by atoms with E-state index in [0.29, 0.717) is 35.7 Å². The van der Waals surface area contributed by atoms with Gasteiger partial charge < -0.3 is 4.90 Å². The number of para-hydroxylation sites is 1. The van der Waals surface area contributed by atoms with E-state index in [0.717, 1.165) is 11.4 Å². The van der Waals surface area contributed by atoms with E-state index in [9.17, 15) is 9.59 Å². The van der Waals surface area contributed by atoms with Crippen molar-refractivity contribution in [2.45, 2.75) is 13.0 Å². The molecule has 6 heteroatoms. The molecule has 0 aliphatic carbocycles. The van der Waals surface area contributed by atoms with Crippen LogP contribution in [0.4, 0.5) is 0 Å². The second kappa shape index (κ2) is 6.26. The smallest absolute Gasteiger partial charge is 0.276 e. The molecule has 0 atom stereocenters. The molecule has 0 bridgehead atoms. The molecule has 3 aromatic rings. The summed E-state index contributed by atoms with van der Waals surface area (Å²) in [5.41, 5.74) is 2.81. The summed E-state index contributed by atoms with van der Waals surface area (Å²) in [5, 5.41) is 3.77. The molecule has 0 spiro atoms. The van der Waals surface area contributed by atoms with Gasteiger partial charge in [-0.25, -0.2) is 4.68 Å². The van der Waals surface area contributed by atoms with E-state index >= 15 is 0 Å². The molecule has 1 aliphatic rings. The van der Waals surface area contributed by atoms with Crippen LogP contribution in [0.25, 0.3) is 5.69 Å². The van der Waals surface area contributed by atoms with E-state index in [1.807, 2.05) is 30.3 Å². The van der Waals surface area contributed by atoms with E-state index < -0.39 is 0 Å². The van der Waals surface area contributed by atoms with Crippen LogP contribution in [0.2, 0.25) is 5.02 Å². The number of hydrogen-bond donors (Lipinski definition) is 1. The monoisotopic (exact) mass is 353 g/mol. The first-order valence-corrected chi connectivity index (χ1v) is 8.44. The molecule has 2 aromatic carbocycles. The first-order chi connectivity index (χ1) is 12.1. The highest BCUT2D eigenvalue weighted by Gasteiger charge is 2.26. The second-order valence-electron chi connectivity index (χ2n) is 6.03. The van der Waals surface area contributed by atoms with Crippen molar-refractivity contribution in [1.29, 1.82) is 0 Å². The predicted molar refractivity (Wildman–Crippen MR) is 96.3 cm³/mol. The molecule has 4 rings (SSSR count). The Bertz CT molecular complexity index is 974. The summed E-state index contributed by atoms with van der Waals surface area (Å²) in [5.74, 6) is -0.0887. The summed E-state index contributed by atoms with van der Waals surface area (Å²) in [6, 6.07) is 16.2. The Morgan fingerprint density at radius 1 is 1.04 bits per heavy atom. The van der Waals surface area contributed by atoms with Crippen LogP contribution in [0, 0.1) is 0 Å². The molecule has 0 saturated carbocycles. The number of hydrogen-bond acceptors (Lipinski definition) is 2. The second-order valence-corrected chi connectivity index (χ2v) is 6.47. The Morgan fingerprint density at radius 3 is 2.48 bits per heavy atom. The molecule has 5 nitrogen and oxygen atoms in total. The Balaban J connectivity index is 1.63. The van der Waals surface area contributed by atoms with Gasteiger partial charge in [0.25, 0.3) is 11.5 Å². The SMILES string of the molecule is O=C(c1ccc(Cl)cc1)N1CCc2[nH]n(-c3ccccc3)c(=O)c2C1. The molecule has 126 valence electrons. The quantitative estimate of drug-likeness (QED) is 0.770.